The summed E-state index contributed by atoms with van der Waals surface area (Å²) in [5, 5.41) is 4.21. The molecule has 0 bridgehead atoms. The minimum absolute atomic E-state index is 0.522. The normalized spacial score (nSPS) is 16.5. The second-order valence-electron chi connectivity index (χ2n) is 5.40. The van der Waals surface area contributed by atoms with E-state index in [2.05, 4.69) is 27.3 Å². The number of hydrogen-bond acceptors (Lipinski definition) is 2. The van der Waals surface area contributed by atoms with Crippen molar-refractivity contribution in [3.05, 3.63) is 33.3 Å². The number of halogens is 2. The summed E-state index contributed by atoms with van der Waals surface area (Å²) < 4.78 is 6.97. The molecule has 0 aliphatic heterocycles. The summed E-state index contributed by atoms with van der Waals surface area (Å²) in [6, 6.07) is 5.91. The van der Waals surface area contributed by atoms with E-state index in [-0.39, 0.29) is 0 Å². The summed E-state index contributed by atoms with van der Waals surface area (Å²) in [6.07, 6.45) is 8.17. The van der Waals surface area contributed by atoms with Gasteiger partial charge in [0.05, 0.1) is 6.10 Å². The smallest absolute Gasteiger partial charge is 0.0575 e. The molecule has 0 atom stereocenters. The molecule has 1 saturated carbocycles. The Kier molecular flexibility index (Phi) is 7.36. The fourth-order valence-electron chi connectivity index (χ4n) is 2.57. The van der Waals surface area contributed by atoms with E-state index in [0.29, 0.717) is 6.10 Å². The number of nitrogens with one attached hydrogen (secondary N) is 1. The van der Waals surface area contributed by atoms with Crippen molar-refractivity contribution in [3.63, 3.8) is 0 Å². The van der Waals surface area contributed by atoms with Crippen molar-refractivity contribution < 1.29 is 4.74 Å². The van der Waals surface area contributed by atoms with E-state index in [1.54, 1.807) is 0 Å². The van der Waals surface area contributed by atoms with Gasteiger partial charge in [0.15, 0.2) is 0 Å². The molecule has 1 aromatic carbocycles. The van der Waals surface area contributed by atoms with Gasteiger partial charge in [0.25, 0.3) is 0 Å². The molecule has 2 nitrogen and oxygen atoms in total. The average molecular weight is 361 g/mol. The van der Waals surface area contributed by atoms with Gasteiger partial charge in [-0.2, -0.15) is 0 Å². The standard InChI is InChI=1S/C16H23BrClNO/c17-16-11-14(18)8-7-13(16)12-19-9-4-10-20-15-5-2-1-3-6-15/h7-8,11,15,19H,1-6,9-10,12H2. The van der Waals surface area contributed by atoms with Gasteiger partial charge < -0.3 is 10.1 Å². The van der Waals surface area contributed by atoms with Gasteiger partial charge in [0.2, 0.25) is 0 Å². The molecule has 112 valence electrons. The molecule has 0 heterocycles. The lowest BCUT2D eigenvalue weighted by atomic mass is 9.98. The summed E-state index contributed by atoms with van der Waals surface area (Å²) >= 11 is 9.46. The average Bonchev–Trinajstić information content (AvgIpc) is 2.46. The summed E-state index contributed by atoms with van der Waals surface area (Å²) in [4.78, 5) is 0. The lowest BCUT2D eigenvalue weighted by Crippen LogP contribution is -2.20. The Hall–Kier alpha value is -0.0900. The van der Waals surface area contributed by atoms with E-state index in [1.165, 1.54) is 37.7 Å². The van der Waals surface area contributed by atoms with E-state index < -0.39 is 0 Å². The fraction of sp³-hybridized carbons (Fsp3) is 0.625. The van der Waals surface area contributed by atoms with E-state index >= 15 is 0 Å². The highest BCUT2D eigenvalue weighted by Crippen LogP contribution is 2.21. The van der Waals surface area contributed by atoms with Crippen LogP contribution in [0.25, 0.3) is 0 Å². The first-order valence-electron chi connectivity index (χ1n) is 7.52. The Morgan fingerprint density at radius 1 is 1.25 bits per heavy atom. The first-order valence-corrected chi connectivity index (χ1v) is 8.69. The molecular formula is C16H23BrClNO. The molecule has 2 rings (SSSR count). The Morgan fingerprint density at radius 3 is 2.80 bits per heavy atom. The predicted molar refractivity (Wildman–Crippen MR) is 88.3 cm³/mol. The second-order valence-corrected chi connectivity index (χ2v) is 6.69. The number of rotatable bonds is 7. The zero-order chi connectivity index (χ0) is 14.2. The predicted octanol–water partition coefficient (Wildman–Crippen LogP) is 4.93. The zero-order valence-corrected chi connectivity index (χ0v) is 14.2. The third-order valence-corrected chi connectivity index (χ3v) is 4.71. The van der Waals surface area contributed by atoms with Crippen LogP contribution in [0.1, 0.15) is 44.1 Å². The van der Waals surface area contributed by atoms with E-state index in [4.69, 9.17) is 16.3 Å². The maximum Gasteiger partial charge on any atom is 0.0575 e. The molecule has 0 saturated heterocycles. The molecule has 0 amide bonds. The molecular weight excluding hydrogens is 338 g/mol. The monoisotopic (exact) mass is 359 g/mol. The van der Waals surface area contributed by atoms with Gasteiger partial charge in [-0.3, -0.25) is 0 Å². The van der Waals surface area contributed by atoms with Gasteiger partial charge in [-0.1, -0.05) is 52.9 Å². The summed E-state index contributed by atoms with van der Waals surface area (Å²) in [6.45, 7) is 2.72. The van der Waals surface area contributed by atoms with Crippen LogP contribution in [0.2, 0.25) is 5.02 Å². The molecule has 1 aromatic rings. The molecule has 1 N–H and O–H groups in total. The van der Waals surface area contributed by atoms with Crippen molar-refractivity contribution >= 4 is 27.5 Å². The van der Waals surface area contributed by atoms with Crippen molar-refractivity contribution in [1.29, 1.82) is 0 Å². The van der Waals surface area contributed by atoms with Crippen molar-refractivity contribution in [2.75, 3.05) is 13.2 Å². The first kappa shape index (κ1) is 16.3. The van der Waals surface area contributed by atoms with Crippen LogP contribution in [0.4, 0.5) is 0 Å². The largest absolute Gasteiger partial charge is 0.378 e. The summed E-state index contributed by atoms with van der Waals surface area (Å²) in [5.41, 5.74) is 1.24. The van der Waals surface area contributed by atoms with Gasteiger partial charge in [0.1, 0.15) is 0 Å². The van der Waals surface area contributed by atoms with Crippen LogP contribution < -0.4 is 5.32 Å². The molecule has 0 radical (unpaired) electrons. The van der Waals surface area contributed by atoms with E-state index in [9.17, 15) is 0 Å². The maximum atomic E-state index is 5.93. The fourth-order valence-corrected chi connectivity index (χ4v) is 3.39. The van der Waals surface area contributed by atoms with Crippen LogP contribution in [0.5, 0.6) is 0 Å². The van der Waals surface area contributed by atoms with Crippen molar-refractivity contribution in [2.45, 2.75) is 51.2 Å². The molecule has 1 aliphatic rings. The topological polar surface area (TPSA) is 21.3 Å². The maximum absolute atomic E-state index is 5.93. The zero-order valence-electron chi connectivity index (χ0n) is 11.8. The van der Waals surface area contributed by atoms with Crippen LogP contribution >= 0.6 is 27.5 Å². The molecule has 1 aliphatic carbocycles. The van der Waals surface area contributed by atoms with Gasteiger partial charge >= 0.3 is 0 Å². The Labute approximate surface area is 135 Å². The number of benzene rings is 1. The molecule has 0 aromatic heterocycles. The lowest BCUT2D eigenvalue weighted by Gasteiger charge is -2.21. The SMILES string of the molecule is Clc1ccc(CNCCCOC2CCCCC2)c(Br)c1. The quantitative estimate of drug-likeness (QED) is 0.696. The van der Waals surface area contributed by atoms with Crippen LogP contribution in [0.15, 0.2) is 22.7 Å². The summed E-state index contributed by atoms with van der Waals surface area (Å²) in [7, 11) is 0. The summed E-state index contributed by atoms with van der Waals surface area (Å²) in [5.74, 6) is 0. The highest BCUT2D eigenvalue weighted by atomic mass is 79.9. The third kappa shape index (κ3) is 5.72. The van der Waals surface area contributed by atoms with E-state index in [1.807, 2.05) is 12.1 Å². The van der Waals surface area contributed by atoms with Gasteiger partial charge in [-0.05, 0) is 43.5 Å². The minimum atomic E-state index is 0.522. The second kappa shape index (κ2) is 9.04. The molecule has 1 fully saturated rings. The van der Waals surface area contributed by atoms with Gasteiger partial charge in [-0.15, -0.1) is 0 Å². The molecule has 20 heavy (non-hydrogen) atoms. The van der Waals surface area contributed by atoms with Crippen molar-refractivity contribution in [1.82, 2.24) is 5.32 Å². The van der Waals surface area contributed by atoms with Crippen LogP contribution in [-0.2, 0) is 11.3 Å². The van der Waals surface area contributed by atoms with Gasteiger partial charge in [0, 0.05) is 22.6 Å². The highest BCUT2D eigenvalue weighted by molar-refractivity contribution is 9.10. The Bertz CT molecular complexity index is 407. The van der Waals surface area contributed by atoms with Crippen LogP contribution in [-0.4, -0.2) is 19.3 Å². The highest BCUT2D eigenvalue weighted by Gasteiger charge is 2.12. The van der Waals surface area contributed by atoms with Crippen LogP contribution in [0, 0.1) is 0 Å². The number of ether oxygens (including phenoxy) is 1. The van der Waals surface area contributed by atoms with Crippen molar-refractivity contribution in [2.24, 2.45) is 0 Å². The molecule has 4 heteroatoms. The lowest BCUT2D eigenvalue weighted by molar-refractivity contribution is 0.0273. The third-order valence-electron chi connectivity index (χ3n) is 3.73. The molecule has 0 unspecified atom stereocenters. The first-order chi connectivity index (χ1) is 9.75. The van der Waals surface area contributed by atoms with Crippen molar-refractivity contribution in [3.8, 4) is 0 Å². The molecule has 0 spiro atoms. The van der Waals surface area contributed by atoms with Crippen LogP contribution in [0.3, 0.4) is 0 Å². The Balaban J connectivity index is 1.55. The Morgan fingerprint density at radius 2 is 2.05 bits per heavy atom. The number of hydrogen-bond donors (Lipinski definition) is 1. The van der Waals surface area contributed by atoms with E-state index in [0.717, 1.165) is 35.6 Å². The van der Waals surface area contributed by atoms with Gasteiger partial charge in [-0.25, -0.2) is 0 Å². The minimum Gasteiger partial charge on any atom is -0.378 e.